The Morgan fingerprint density at radius 3 is 2.57 bits per heavy atom. The topological polar surface area (TPSA) is 143 Å². The average Bonchev–Trinajstić information content (AvgIpc) is 3.05. The van der Waals surface area contributed by atoms with E-state index in [2.05, 4.69) is 19.9 Å². The van der Waals surface area contributed by atoms with Gasteiger partial charge in [-0.2, -0.15) is 9.97 Å². The van der Waals surface area contributed by atoms with Crippen molar-refractivity contribution in [1.82, 2.24) is 19.9 Å². The molecule has 0 saturated carbocycles. The predicted molar refractivity (Wildman–Crippen MR) is 76.1 cm³/mol. The van der Waals surface area contributed by atoms with Crippen LogP contribution < -0.4 is 9.47 Å². The van der Waals surface area contributed by atoms with Gasteiger partial charge in [0, 0.05) is 0 Å². The molecule has 2 aromatic heterocycles. The Morgan fingerprint density at radius 2 is 2.00 bits per heavy atom. The van der Waals surface area contributed by atoms with E-state index >= 15 is 0 Å². The highest BCUT2D eigenvalue weighted by atomic mass is 16.6. The zero-order valence-electron chi connectivity index (χ0n) is 12.8. The molecule has 10 nitrogen and oxygen atoms in total. The molecule has 10 heteroatoms. The van der Waals surface area contributed by atoms with E-state index in [-0.39, 0.29) is 23.4 Å². The van der Waals surface area contributed by atoms with Crippen LogP contribution in [-0.2, 0) is 4.74 Å². The Balaban J connectivity index is 2.07. The summed E-state index contributed by atoms with van der Waals surface area (Å²) in [6.45, 7) is 0.986. The van der Waals surface area contributed by atoms with Crippen LogP contribution >= 0.6 is 0 Å². The number of aliphatic hydroxyl groups excluding tert-OH is 2. The van der Waals surface area contributed by atoms with Crippen molar-refractivity contribution in [2.24, 2.45) is 0 Å². The van der Waals surface area contributed by atoms with Gasteiger partial charge in [0.05, 0.1) is 20.8 Å². The molecule has 1 fully saturated rings. The molecule has 0 radical (unpaired) electrons. The fourth-order valence-electron chi connectivity index (χ4n) is 2.64. The van der Waals surface area contributed by atoms with Crippen LogP contribution in [-0.4, -0.2) is 73.9 Å². The maximum Gasteiger partial charge on any atom is 0.321 e. The van der Waals surface area contributed by atoms with Crippen LogP contribution in [0.15, 0.2) is 0 Å². The summed E-state index contributed by atoms with van der Waals surface area (Å²) in [6.07, 6.45) is -3.14. The number of H-pyrrole nitrogens is 1. The summed E-state index contributed by atoms with van der Waals surface area (Å²) in [5, 5.41) is 29.8. The first kappa shape index (κ1) is 15.9. The fourth-order valence-corrected chi connectivity index (χ4v) is 2.64. The molecule has 4 atom stereocenters. The smallest absolute Gasteiger partial charge is 0.321 e. The number of aromatic nitrogens is 4. The second-order valence-corrected chi connectivity index (χ2v) is 5.45. The van der Waals surface area contributed by atoms with Crippen LogP contribution in [0.25, 0.3) is 11.2 Å². The van der Waals surface area contributed by atoms with Crippen molar-refractivity contribution in [3.63, 3.8) is 0 Å². The number of nitrogens with zero attached hydrogens (tertiary/aromatic N) is 3. The lowest BCUT2D eigenvalue weighted by Crippen LogP contribution is -2.43. The van der Waals surface area contributed by atoms with Crippen molar-refractivity contribution < 1.29 is 29.5 Å². The Labute approximate surface area is 131 Å². The van der Waals surface area contributed by atoms with Crippen LogP contribution in [0.2, 0.25) is 0 Å². The summed E-state index contributed by atoms with van der Waals surface area (Å²) in [6, 6.07) is 0.0831. The molecule has 1 aliphatic heterocycles. The van der Waals surface area contributed by atoms with Crippen molar-refractivity contribution >= 4 is 11.2 Å². The summed E-state index contributed by atoms with van der Waals surface area (Å²) >= 11 is 0. The average molecular weight is 326 g/mol. The van der Waals surface area contributed by atoms with Crippen molar-refractivity contribution in [3.05, 3.63) is 5.82 Å². The van der Waals surface area contributed by atoms with Gasteiger partial charge >= 0.3 is 6.01 Å². The van der Waals surface area contributed by atoms with Crippen LogP contribution in [0, 0.1) is 0 Å². The fraction of sp³-hybridized carbons (Fsp3) is 0.615. The minimum Gasteiger partial charge on any atom is -0.479 e. The lowest BCUT2D eigenvalue weighted by molar-refractivity contribution is -0.0671. The summed E-state index contributed by atoms with van der Waals surface area (Å²) in [5.41, 5.74) is -0.957. The van der Waals surface area contributed by atoms with Gasteiger partial charge in [0.15, 0.2) is 5.65 Å². The van der Waals surface area contributed by atoms with E-state index in [1.165, 1.54) is 21.1 Å². The van der Waals surface area contributed by atoms with E-state index in [1.807, 2.05) is 0 Å². The van der Waals surface area contributed by atoms with E-state index in [0.29, 0.717) is 5.52 Å². The number of rotatable bonds is 4. The van der Waals surface area contributed by atoms with Crippen LogP contribution in [0.5, 0.6) is 11.9 Å². The molecule has 126 valence electrons. The van der Waals surface area contributed by atoms with Crippen molar-refractivity contribution in [2.45, 2.75) is 30.8 Å². The summed E-state index contributed by atoms with van der Waals surface area (Å²) in [5.74, 6) is 0.461. The molecule has 23 heavy (non-hydrogen) atoms. The molecule has 3 rings (SSSR count). The third-order valence-corrected chi connectivity index (χ3v) is 3.91. The zero-order valence-corrected chi connectivity index (χ0v) is 12.8. The minimum atomic E-state index is -1.63. The number of aliphatic hydroxyl groups is 3. The summed E-state index contributed by atoms with van der Waals surface area (Å²) in [4.78, 5) is 15.3. The van der Waals surface area contributed by atoms with E-state index in [1.54, 1.807) is 0 Å². The molecule has 0 spiro atoms. The first-order valence-electron chi connectivity index (χ1n) is 6.94. The molecule has 0 aromatic carbocycles. The van der Waals surface area contributed by atoms with Gasteiger partial charge < -0.3 is 34.5 Å². The summed E-state index contributed by atoms with van der Waals surface area (Å²) < 4.78 is 15.7. The Kier molecular flexibility index (Phi) is 3.84. The molecular weight excluding hydrogens is 308 g/mol. The summed E-state index contributed by atoms with van der Waals surface area (Å²) in [7, 11) is 2.86. The number of fused-ring (bicyclic) bond motifs is 1. The lowest BCUT2D eigenvalue weighted by atomic mass is 9.92. The number of hydrogen-bond acceptors (Lipinski definition) is 9. The Bertz CT molecular complexity index is 718. The minimum absolute atomic E-state index is 0.0831. The van der Waals surface area contributed by atoms with Crippen molar-refractivity contribution in [1.29, 1.82) is 0 Å². The molecule has 1 unspecified atom stereocenters. The number of methoxy groups -OCH3 is 2. The first-order chi connectivity index (χ1) is 10.9. The van der Waals surface area contributed by atoms with Gasteiger partial charge in [0.1, 0.15) is 35.3 Å². The van der Waals surface area contributed by atoms with Gasteiger partial charge in [0.2, 0.25) is 5.88 Å². The second-order valence-electron chi connectivity index (χ2n) is 5.45. The zero-order chi connectivity index (χ0) is 16.8. The monoisotopic (exact) mass is 326 g/mol. The van der Waals surface area contributed by atoms with Gasteiger partial charge in [0.25, 0.3) is 0 Å². The highest BCUT2D eigenvalue weighted by molar-refractivity contribution is 5.76. The number of hydrogen-bond donors (Lipinski definition) is 4. The molecule has 3 heterocycles. The van der Waals surface area contributed by atoms with E-state index < -0.39 is 30.5 Å². The number of nitrogens with one attached hydrogen (secondary N) is 1. The molecule has 0 amide bonds. The predicted octanol–water partition coefficient (Wildman–Crippen LogP) is -1.09. The Morgan fingerprint density at radius 1 is 1.26 bits per heavy atom. The van der Waals surface area contributed by atoms with Gasteiger partial charge in [-0.15, -0.1) is 0 Å². The maximum atomic E-state index is 10.5. The Hall–Kier alpha value is -2.01. The van der Waals surface area contributed by atoms with Crippen molar-refractivity contribution in [2.75, 3.05) is 20.8 Å². The van der Waals surface area contributed by atoms with Gasteiger partial charge in [-0.25, -0.2) is 4.98 Å². The quantitative estimate of drug-likeness (QED) is 0.551. The first-order valence-corrected chi connectivity index (χ1v) is 6.94. The lowest BCUT2D eigenvalue weighted by Gasteiger charge is -2.25. The molecule has 1 saturated heterocycles. The maximum absolute atomic E-state index is 10.5. The molecule has 0 bridgehead atoms. The third kappa shape index (κ3) is 2.39. The molecule has 1 aliphatic rings. The van der Waals surface area contributed by atoms with Gasteiger partial charge in [-0.1, -0.05) is 0 Å². The van der Waals surface area contributed by atoms with Crippen LogP contribution in [0.4, 0.5) is 0 Å². The van der Waals surface area contributed by atoms with Gasteiger partial charge in [-0.05, 0) is 6.92 Å². The molecule has 4 N–H and O–H groups in total. The standard InChI is InChI=1S/C13H18N4O6/c1-13(20)7(19)5(4-18)23-8(13)10-14-6-9(15-10)16-12(22-3)17-11(6)21-2/h5,7-8,18-20H,4H2,1-3H3,(H,14,15,16,17)/t5-,7-,8?,13-/m1/s1. The molecule has 0 aliphatic carbocycles. The molecular formula is C13H18N4O6. The number of aromatic amines is 1. The van der Waals surface area contributed by atoms with E-state index in [0.717, 1.165) is 0 Å². The van der Waals surface area contributed by atoms with Crippen LogP contribution in [0.3, 0.4) is 0 Å². The molecule has 2 aromatic rings. The largest absolute Gasteiger partial charge is 0.479 e. The van der Waals surface area contributed by atoms with Gasteiger partial charge in [-0.3, -0.25) is 0 Å². The number of imidazole rings is 1. The van der Waals surface area contributed by atoms with Crippen molar-refractivity contribution in [3.8, 4) is 11.9 Å². The second kappa shape index (κ2) is 5.57. The van der Waals surface area contributed by atoms with E-state index in [4.69, 9.17) is 14.2 Å². The highest BCUT2D eigenvalue weighted by Crippen LogP contribution is 2.41. The SMILES string of the molecule is COc1nc(OC)c2[nH]c(C3O[C@H](CO)[C@@H](O)[C@@]3(C)O)nc2n1. The van der Waals surface area contributed by atoms with E-state index in [9.17, 15) is 15.3 Å². The van der Waals surface area contributed by atoms with Crippen LogP contribution in [0.1, 0.15) is 18.9 Å². The normalized spacial score (nSPS) is 30.8. The number of ether oxygens (including phenoxy) is 3. The third-order valence-electron chi connectivity index (χ3n) is 3.91. The highest BCUT2D eigenvalue weighted by Gasteiger charge is 2.53.